The quantitative estimate of drug-likeness (QED) is 0.919. The highest BCUT2D eigenvalue weighted by Crippen LogP contribution is 2.30. The molecule has 0 saturated carbocycles. The van der Waals surface area contributed by atoms with E-state index in [1.807, 2.05) is 0 Å². The second kappa shape index (κ2) is 4.49. The highest BCUT2D eigenvalue weighted by Gasteiger charge is 2.04. The molecule has 0 aliphatic carbocycles. The molecule has 1 aromatic heterocycles. The Bertz CT molecular complexity index is 519. The topological polar surface area (TPSA) is 48.1 Å². The maximum atomic E-state index is 13.0. The number of aromatic nitrogens is 1. The third kappa shape index (κ3) is 2.49. The zero-order valence-electron chi connectivity index (χ0n) is 8.15. The first-order chi connectivity index (χ1) is 7.65. The van der Waals surface area contributed by atoms with E-state index >= 15 is 0 Å². The number of benzene rings is 1. The van der Waals surface area contributed by atoms with Gasteiger partial charge in [0.15, 0.2) is 0 Å². The third-order valence-electron chi connectivity index (χ3n) is 1.86. The summed E-state index contributed by atoms with van der Waals surface area (Å²) in [4.78, 5) is 3.87. The molecule has 1 aromatic carbocycles. The highest BCUT2D eigenvalue weighted by molar-refractivity contribution is 9.10. The first kappa shape index (κ1) is 10.9. The molecule has 0 fully saturated rings. The lowest BCUT2D eigenvalue weighted by molar-refractivity contribution is 0.472. The van der Waals surface area contributed by atoms with E-state index in [0.717, 1.165) is 0 Å². The lowest BCUT2D eigenvalue weighted by Gasteiger charge is -2.07. The van der Waals surface area contributed by atoms with E-state index in [2.05, 4.69) is 20.9 Å². The summed E-state index contributed by atoms with van der Waals surface area (Å²) in [7, 11) is 0. The zero-order chi connectivity index (χ0) is 11.5. The summed E-state index contributed by atoms with van der Waals surface area (Å²) in [6, 6.07) is 5.82. The predicted molar refractivity (Wildman–Crippen MR) is 62.8 cm³/mol. The normalized spacial score (nSPS) is 10.1. The van der Waals surface area contributed by atoms with Crippen LogP contribution in [0.15, 0.2) is 41.1 Å². The minimum atomic E-state index is -0.366. The summed E-state index contributed by atoms with van der Waals surface area (Å²) >= 11 is 3.26. The van der Waals surface area contributed by atoms with Crippen molar-refractivity contribution in [2.24, 2.45) is 0 Å². The van der Waals surface area contributed by atoms with E-state index in [0.29, 0.717) is 21.7 Å². The number of hydrogen-bond donors (Lipinski definition) is 1. The molecule has 2 aromatic rings. The number of anilines is 1. The maximum absolute atomic E-state index is 13.0. The average Bonchev–Trinajstić information content (AvgIpc) is 2.24. The zero-order valence-corrected chi connectivity index (χ0v) is 9.74. The van der Waals surface area contributed by atoms with Gasteiger partial charge in [-0.25, -0.2) is 4.39 Å². The van der Waals surface area contributed by atoms with Gasteiger partial charge < -0.3 is 10.5 Å². The van der Waals surface area contributed by atoms with Crippen LogP contribution in [0.2, 0.25) is 0 Å². The van der Waals surface area contributed by atoms with Crippen LogP contribution in [0.25, 0.3) is 0 Å². The molecule has 0 amide bonds. The Morgan fingerprint density at radius 1 is 1.25 bits per heavy atom. The molecule has 0 radical (unpaired) electrons. The molecule has 0 atom stereocenters. The molecule has 0 bridgehead atoms. The van der Waals surface area contributed by atoms with E-state index in [4.69, 9.17) is 10.5 Å². The minimum Gasteiger partial charge on any atom is -0.454 e. The molecule has 0 spiro atoms. The second-order valence-corrected chi connectivity index (χ2v) is 3.99. The lowest BCUT2D eigenvalue weighted by Crippen LogP contribution is -1.90. The summed E-state index contributed by atoms with van der Waals surface area (Å²) < 4.78 is 19.1. The number of nitrogen functional groups attached to an aromatic ring is 1. The van der Waals surface area contributed by atoms with Crippen molar-refractivity contribution in [3.8, 4) is 11.5 Å². The third-order valence-corrected chi connectivity index (χ3v) is 2.51. The fraction of sp³-hybridized carbons (Fsp3) is 0. The molecule has 5 heteroatoms. The Kier molecular flexibility index (Phi) is 3.05. The van der Waals surface area contributed by atoms with Crippen LogP contribution < -0.4 is 10.5 Å². The summed E-state index contributed by atoms with van der Waals surface area (Å²) in [6.45, 7) is 0. The molecule has 3 nitrogen and oxygen atoms in total. The highest BCUT2D eigenvalue weighted by atomic mass is 79.9. The number of pyridine rings is 1. The van der Waals surface area contributed by atoms with E-state index in [9.17, 15) is 4.39 Å². The standard InChI is InChI=1S/C11H8BrFN2O/c12-10-2-1-7(13)3-11(10)16-9-4-8(14)5-15-6-9/h1-6H,14H2. The van der Waals surface area contributed by atoms with Crippen LogP contribution in [0, 0.1) is 5.82 Å². The van der Waals surface area contributed by atoms with Gasteiger partial charge in [-0.3, -0.25) is 4.98 Å². The maximum Gasteiger partial charge on any atom is 0.147 e. The monoisotopic (exact) mass is 282 g/mol. The molecule has 16 heavy (non-hydrogen) atoms. The molecule has 0 aliphatic heterocycles. The molecule has 1 heterocycles. The van der Waals surface area contributed by atoms with E-state index in [1.165, 1.54) is 24.5 Å². The van der Waals surface area contributed by atoms with Crippen molar-refractivity contribution in [1.82, 2.24) is 4.98 Å². The van der Waals surface area contributed by atoms with E-state index < -0.39 is 0 Å². The number of nitrogens with zero attached hydrogens (tertiary/aromatic N) is 1. The first-order valence-corrected chi connectivity index (χ1v) is 5.28. The number of hydrogen-bond acceptors (Lipinski definition) is 3. The molecule has 82 valence electrons. The van der Waals surface area contributed by atoms with Gasteiger partial charge in [-0.05, 0) is 28.1 Å². The van der Waals surface area contributed by atoms with E-state index in [1.54, 1.807) is 12.1 Å². The van der Waals surface area contributed by atoms with Gasteiger partial charge in [-0.2, -0.15) is 0 Å². The first-order valence-electron chi connectivity index (χ1n) is 4.48. The van der Waals surface area contributed by atoms with Crippen LogP contribution in [-0.4, -0.2) is 4.98 Å². The average molecular weight is 283 g/mol. The lowest BCUT2D eigenvalue weighted by atomic mass is 10.3. The van der Waals surface area contributed by atoms with Crippen LogP contribution in [0.3, 0.4) is 0 Å². The number of rotatable bonds is 2. The molecule has 0 unspecified atom stereocenters. The van der Waals surface area contributed by atoms with Crippen molar-refractivity contribution < 1.29 is 9.13 Å². The SMILES string of the molecule is Nc1cncc(Oc2cc(F)ccc2Br)c1. The van der Waals surface area contributed by atoms with Crippen molar-refractivity contribution in [2.75, 3.05) is 5.73 Å². The van der Waals surface area contributed by atoms with Gasteiger partial charge in [-0.1, -0.05) is 0 Å². The van der Waals surface area contributed by atoms with Crippen molar-refractivity contribution in [1.29, 1.82) is 0 Å². The molecular formula is C11H8BrFN2O. The fourth-order valence-corrected chi connectivity index (χ4v) is 1.50. The van der Waals surface area contributed by atoms with Gasteiger partial charge in [0.05, 0.1) is 22.6 Å². The Hall–Kier alpha value is -1.62. The summed E-state index contributed by atoms with van der Waals surface area (Å²) in [5, 5.41) is 0. The van der Waals surface area contributed by atoms with Gasteiger partial charge >= 0.3 is 0 Å². The van der Waals surface area contributed by atoms with Gasteiger partial charge in [0, 0.05) is 12.1 Å². The van der Waals surface area contributed by atoms with Gasteiger partial charge in [0.2, 0.25) is 0 Å². The Balaban J connectivity index is 2.30. The Labute approximate surface area is 100 Å². The molecular weight excluding hydrogens is 275 g/mol. The predicted octanol–water partition coefficient (Wildman–Crippen LogP) is 3.36. The largest absolute Gasteiger partial charge is 0.454 e. The molecule has 2 N–H and O–H groups in total. The number of nitrogens with two attached hydrogens (primary N) is 1. The molecule has 2 rings (SSSR count). The van der Waals surface area contributed by atoms with Crippen LogP contribution >= 0.6 is 15.9 Å². The van der Waals surface area contributed by atoms with Crippen LogP contribution in [-0.2, 0) is 0 Å². The van der Waals surface area contributed by atoms with Crippen LogP contribution in [0.4, 0.5) is 10.1 Å². The van der Waals surface area contributed by atoms with Crippen molar-refractivity contribution in [3.63, 3.8) is 0 Å². The van der Waals surface area contributed by atoms with Crippen molar-refractivity contribution in [3.05, 3.63) is 46.9 Å². The van der Waals surface area contributed by atoms with Gasteiger partial charge in [0.25, 0.3) is 0 Å². The fourth-order valence-electron chi connectivity index (χ4n) is 1.17. The smallest absolute Gasteiger partial charge is 0.147 e. The molecule has 0 saturated heterocycles. The number of halogens is 2. The number of ether oxygens (including phenoxy) is 1. The Morgan fingerprint density at radius 3 is 2.81 bits per heavy atom. The van der Waals surface area contributed by atoms with Crippen molar-refractivity contribution >= 4 is 21.6 Å². The van der Waals surface area contributed by atoms with Crippen LogP contribution in [0.1, 0.15) is 0 Å². The minimum absolute atomic E-state index is 0.366. The van der Waals surface area contributed by atoms with Crippen LogP contribution in [0.5, 0.6) is 11.5 Å². The van der Waals surface area contributed by atoms with Gasteiger partial charge in [0.1, 0.15) is 17.3 Å². The summed E-state index contributed by atoms with van der Waals surface area (Å²) in [5.41, 5.74) is 6.04. The van der Waals surface area contributed by atoms with E-state index in [-0.39, 0.29) is 5.82 Å². The van der Waals surface area contributed by atoms with Crippen molar-refractivity contribution in [2.45, 2.75) is 0 Å². The van der Waals surface area contributed by atoms with Gasteiger partial charge in [-0.15, -0.1) is 0 Å². The Morgan fingerprint density at radius 2 is 2.06 bits per heavy atom. The summed E-state index contributed by atoms with van der Waals surface area (Å²) in [6.07, 6.45) is 3.02. The second-order valence-electron chi connectivity index (χ2n) is 3.13. The molecule has 0 aliphatic rings. The summed E-state index contributed by atoms with van der Waals surface area (Å²) in [5.74, 6) is 0.480.